The molecule has 0 bridgehead atoms. The molecule has 1 fully saturated rings. The number of aromatic nitrogens is 3. The van der Waals surface area contributed by atoms with Crippen LogP contribution in [0.1, 0.15) is 48.3 Å². The first kappa shape index (κ1) is 17.4. The van der Waals surface area contributed by atoms with Crippen molar-refractivity contribution >= 4 is 11.7 Å². The van der Waals surface area contributed by atoms with Crippen LogP contribution < -0.4 is 10.2 Å². The van der Waals surface area contributed by atoms with Gasteiger partial charge in [-0.2, -0.15) is 4.98 Å². The Morgan fingerprint density at radius 1 is 1.44 bits per heavy atom. The van der Waals surface area contributed by atoms with Crippen molar-refractivity contribution < 1.29 is 9.32 Å². The van der Waals surface area contributed by atoms with Crippen molar-refractivity contribution in [3.05, 3.63) is 35.6 Å². The summed E-state index contributed by atoms with van der Waals surface area (Å²) in [5.41, 5.74) is 0.605. The molecular formula is C18H25N5O2. The molecule has 0 radical (unpaired) electrons. The van der Waals surface area contributed by atoms with Crippen LogP contribution in [0.15, 0.2) is 22.9 Å². The lowest BCUT2D eigenvalue weighted by Crippen LogP contribution is -2.37. The Morgan fingerprint density at radius 3 is 3.00 bits per heavy atom. The van der Waals surface area contributed by atoms with Crippen LogP contribution in [-0.2, 0) is 6.42 Å². The van der Waals surface area contributed by atoms with Crippen LogP contribution in [0, 0.1) is 12.8 Å². The fraction of sp³-hybridized carbons (Fsp3) is 0.556. The van der Waals surface area contributed by atoms with Gasteiger partial charge in [0.2, 0.25) is 5.89 Å². The number of piperidine rings is 1. The van der Waals surface area contributed by atoms with Crippen molar-refractivity contribution in [2.45, 2.75) is 39.5 Å². The Labute approximate surface area is 147 Å². The minimum Gasteiger partial charge on any atom is -0.356 e. The number of nitrogens with zero attached hydrogens (tertiary/aromatic N) is 4. The standard InChI is InChI=1S/C18H25N5O2/c1-3-8-19-18(24)15-6-7-17(20-11-15)23-9-4-5-14(12-23)10-16-21-13(2)25-22-16/h6-7,11,14H,3-5,8-10,12H2,1-2H3,(H,19,24)/t14-/m1/s1. The average Bonchev–Trinajstić information content (AvgIpc) is 3.05. The Hall–Kier alpha value is -2.44. The lowest BCUT2D eigenvalue weighted by Gasteiger charge is -2.33. The summed E-state index contributed by atoms with van der Waals surface area (Å²) in [6, 6.07) is 3.78. The highest BCUT2D eigenvalue weighted by Gasteiger charge is 2.23. The highest BCUT2D eigenvalue weighted by molar-refractivity contribution is 5.94. The highest BCUT2D eigenvalue weighted by atomic mass is 16.5. The summed E-state index contributed by atoms with van der Waals surface area (Å²) < 4.78 is 5.06. The third kappa shape index (κ3) is 4.55. The molecule has 134 valence electrons. The van der Waals surface area contributed by atoms with Gasteiger partial charge in [0.15, 0.2) is 5.82 Å². The second-order valence-electron chi connectivity index (χ2n) is 6.55. The maximum absolute atomic E-state index is 12.0. The van der Waals surface area contributed by atoms with Crippen LogP contribution in [0.3, 0.4) is 0 Å². The van der Waals surface area contributed by atoms with Crippen molar-refractivity contribution in [2.75, 3.05) is 24.5 Å². The molecule has 3 heterocycles. The van der Waals surface area contributed by atoms with E-state index in [1.165, 1.54) is 0 Å². The molecule has 0 aliphatic carbocycles. The van der Waals surface area contributed by atoms with Crippen molar-refractivity contribution in [1.29, 1.82) is 0 Å². The lowest BCUT2D eigenvalue weighted by atomic mass is 9.94. The molecule has 1 saturated heterocycles. The van der Waals surface area contributed by atoms with Crippen LogP contribution in [0.25, 0.3) is 0 Å². The first-order valence-corrected chi connectivity index (χ1v) is 8.94. The van der Waals surface area contributed by atoms with E-state index in [-0.39, 0.29) is 5.91 Å². The van der Waals surface area contributed by atoms with E-state index < -0.39 is 0 Å². The van der Waals surface area contributed by atoms with E-state index in [9.17, 15) is 4.79 Å². The van der Waals surface area contributed by atoms with Gasteiger partial charge in [-0.25, -0.2) is 4.98 Å². The van der Waals surface area contributed by atoms with Crippen LogP contribution >= 0.6 is 0 Å². The number of aryl methyl sites for hydroxylation is 1. The van der Waals surface area contributed by atoms with Crippen LogP contribution in [-0.4, -0.2) is 40.7 Å². The lowest BCUT2D eigenvalue weighted by molar-refractivity contribution is 0.0953. The molecule has 1 N–H and O–H groups in total. The zero-order valence-electron chi connectivity index (χ0n) is 14.9. The summed E-state index contributed by atoms with van der Waals surface area (Å²) >= 11 is 0. The average molecular weight is 343 g/mol. The number of carbonyl (C=O) groups is 1. The van der Waals surface area contributed by atoms with Crippen molar-refractivity contribution in [2.24, 2.45) is 5.92 Å². The predicted octanol–water partition coefficient (Wildman–Crippen LogP) is 2.37. The van der Waals surface area contributed by atoms with Gasteiger partial charge in [0.1, 0.15) is 5.82 Å². The Bertz CT molecular complexity index is 698. The minimum atomic E-state index is -0.0649. The van der Waals surface area contributed by atoms with Gasteiger partial charge in [-0.05, 0) is 37.3 Å². The maximum Gasteiger partial charge on any atom is 0.252 e. The van der Waals surface area contributed by atoms with Crippen LogP contribution in [0.4, 0.5) is 5.82 Å². The number of anilines is 1. The van der Waals surface area contributed by atoms with Gasteiger partial charge >= 0.3 is 0 Å². The molecule has 0 unspecified atom stereocenters. The molecule has 0 spiro atoms. The van der Waals surface area contributed by atoms with E-state index in [2.05, 4.69) is 25.3 Å². The van der Waals surface area contributed by atoms with E-state index in [1.807, 2.05) is 26.0 Å². The van der Waals surface area contributed by atoms with Crippen molar-refractivity contribution in [3.63, 3.8) is 0 Å². The van der Waals surface area contributed by atoms with Gasteiger partial charge < -0.3 is 14.7 Å². The zero-order valence-corrected chi connectivity index (χ0v) is 14.9. The van der Waals surface area contributed by atoms with E-state index in [4.69, 9.17) is 4.52 Å². The molecular weight excluding hydrogens is 318 g/mol. The second-order valence-corrected chi connectivity index (χ2v) is 6.55. The number of rotatable bonds is 6. The van der Waals surface area contributed by atoms with Gasteiger partial charge in [0.05, 0.1) is 5.56 Å². The van der Waals surface area contributed by atoms with Gasteiger partial charge in [-0.15, -0.1) is 0 Å². The van der Waals surface area contributed by atoms with Crippen LogP contribution in [0.5, 0.6) is 0 Å². The summed E-state index contributed by atoms with van der Waals surface area (Å²) in [6.45, 7) is 6.43. The summed E-state index contributed by atoms with van der Waals surface area (Å²) in [5.74, 6) is 2.73. The fourth-order valence-electron chi connectivity index (χ4n) is 3.17. The maximum atomic E-state index is 12.0. The predicted molar refractivity (Wildman–Crippen MR) is 94.5 cm³/mol. The summed E-state index contributed by atoms with van der Waals surface area (Å²) in [7, 11) is 0. The van der Waals surface area contributed by atoms with Gasteiger partial charge in [-0.3, -0.25) is 4.79 Å². The minimum absolute atomic E-state index is 0.0649. The Kier molecular flexibility index (Phi) is 5.63. The fourth-order valence-corrected chi connectivity index (χ4v) is 3.17. The molecule has 0 aromatic carbocycles. The molecule has 7 nitrogen and oxygen atoms in total. The van der Waals surface area contributed by atoms with Crippen molar-refractivity contribution in [3.8, 4) is 0 Å². The molecule has 3 rings (SSSR count). The second kappa shape index (κ2) is 8.09. The number of nitrogens with one attached hydrogen (secondary N) is 1. The highest BCUT2D eigenvalue weighted by Crippen LogP contribution is 2.24. The number of pyridine rings is 1. The third-order valence-corrected chi connectivity index (χ3v) is 4.43. The molecule has 1 aliphatic heterocycles. The SMILES string of the molecule is CCCNC(=O)c1ccc(N2CCC[C@H](Cc3noc(C)n3)C2)nc1. The third-order valence-electron chi connectivity index (χ3n) is 4.43. The molecule has 1 atom stereocenters. The molecule has 7 heteroatoms. The number of amides is 1. The first-order valence-electron chi connectivity index (χ1n) is 8.94. The van der Waals surface area contributed by atoms with E-state index in [0.717, 1.165) is 50.4 Å². The van der Waals surface area contributed by atoms with Gasteiger partial charge in [0.25, 0.3) is 5.91 Å². The number of hydrogen-bond acceptors (Lipinski definition) is 6. The molecule has 0 saturated carbocycles. The molecule has 2 aromatic heterocycles. The topological polar surface area (TPSA) is 84.2 Å². The van der Waals surface area contributed by atoms with Gasteiger partial charge in [0, 0.05) is 39.2 Å². The molecule has 1 amide bonds. The zero-order chi connectivity index (χ0) is 17.6. The van der Waals surface area contributed by atoms with E-state index >= 15 is 0 Å². The largest absolute Gasteiger partial charge is 0.356 e. The van der Waals surface area contributed by atoms with Gasteiger partial charge in [-0.1, -0.05) is 12.1 Å². The van der Waals surface area contributed by atoms with E-state index in [0.29, 0.717) is 23.9 Å². The number of hydrogen-bond donors (Lipinski definition) is 1. The van der Waals surface area contributed by atoms with E-state index in [1.54, 1.807) is 6.20 Å². The summed E-state index contributed by atoms with van der Waals surface area (Å²) in [4.78, 5) is 23.0. The molecule has 25 heavy (non-hydrogen) atoms. The van der Waals surface area contributed by atoms with Crippen LogP contribution in [0.2, 0.25) is 0 Å². The smallest absolute Gasteiger partial charge is 0.252 e. The monoisotopic (exact) mass is 343 g/mol. The summed E-state index contributed by atoms with van der Waals surface area (Å²) in [5, 5.41) is 6.87. The number of carbonyl (C=O) groups excluding carboxylic acids is 1. The first-order chi connectivity index (χ1) is 12.2. The Morgan fingerprint density at radius 2 is 2.32 bits per heavy atom. The normalized spacial score (nSPS) is 17.5. The summed E-state index contributed by atoms with van der Waals surface area (Å²) in [6.07, 6.45) is 5.67. The molecule has 1 aliphatic rings. The van der Waals surface area contributed by atoms with Crippen molar-refractivity contribution in [1.82, 2.24) is 20.4 Å². The quantitative estimate of drug-likeness (QED) is 0.867. The Balaban J connectivity index is 1.60. The molecule has 2 aromatic rings.